The number of pyridine rings is 1. The number of rotatable bonds is 4. The van der Waals surface area contributed by atoms with Crippen molar-refractivity contribution in [1.29, 1.82) is 0 Å². The Kier molecular flexibility index (Phi) is 5.10. The van der Waals surface area contributed by atoms with E-state index in [1.54, 1.807) is 18.3 Å². The molecule has 0 aliphatic heterocycles. The first-order valence-electron chi connectivity index (χ1n) is 5.76. The highest BCUT2D eigenvalue weighted by Crippen LogP contribution is 2.06. The summed E-state index contributed by atoms with van der Waals surface area (Å²) in [5.74, 6) is 0.313. The van der Waals surface area contributed by atoms with Gasteiger partial charge >= 0.3 is 6.03 Å². The molecule has 1 aromatic heterocycles. The Bertz CT molecular complexity index is 417. The third-order valence-corrected chi connectivity index (χ3v) is 2.35. The summed E-state index contributed by atoms with van der Waals surface area (Å²) in [5.41, 5.74) is 0.954. The van der Waals surface area contributed by atoms with Crippen LogP contribution in [0.1, 0.15) is 25.3 Å². The van der Waals surface area contributed by atoms with Crippen LogP contribution in [0, 0.1) is 6.92 Å². The fraction of sp³-hybridized carbons (Fsp3) is 0.417. The molecule has 0 fully saturated rings. The SMILES string of the molecule is CCCCN(C(=O)[O-])C(=O)Nc1ccc(C)cn1. The number of anilines is 1. The lowest BCUT2D eigenvalue weighted by molar-refractivity contribution is -0.261. The number of nitrogens with zero attached hydrogens (tertiary/aromatic N) is 2. The number of aromatic nitrogens is 1. The molecule has 3 amide bonds. The molecule has 0 aliphatic rings. The molecule has 0 bridgehead atoms. The van der Waals surface area contributed by atoms with Crippen molar-refractivity contribution in [2.45, 2.75) is 26.7 Å². The molecular weight excluding hydrogens is 234 g/mol. The minimum atomic E-state index is -1.51. The van der Waals surface area contributed by atoms with Crippen LogP contribution in [0.15, 0.2) is 18.3 Å². The number of hydrogen-bond acceptors (Lipinski definition) is 4. The number of carbonyl (C=O) groups excluding carboxylic acids is 2. The number of nitrogens with one attached hydrogen (secondary N) is 1. The molecule has 1 N–H and O–H groups in total. The van der Waals surface area contributed by atoms with E-state index < -0.39 is 12.1 Å². The maximum atomic E-state index is 11.7. The summed E-state index contributed by atoms with van der Waals surface area (Å²) in [7, 11) is 0. The molecule has 98 valence electrons. The van der Waals surface area contributed by atoms with Crippen molar-refractivity contribution in [3.63, 3.8) is 0 Å². The van der Waals surface area contributed by atoms with E-state index in [0.29, 0.717) is 17.1 Å². The average molecular weight is 250 g/mol. The molecular formula is C12H16N3O3-. The van der Waals surface area contributed by atoms with Gasteiger partial charge in [-0.25, -0.2) is 9.78 Å². The number of hydrogen-bond donors (Lipinski definition) is 1. The fourth-order valence-electron chi connectivity index (χ4n) is 1.31. The quantitative estimate of drug-likeness (QED) is 0.874. The van der Waals surface area contributed by atoms with Gasteiger partial charge in [-0.15, -0.1) is 0 Å². The molecule has 1 heterocycles. The largest absolute Gasteiger partial charge is 0.529 e. The van der Waals surface area contributed by atoms with E-state index in [1.807, 2.05) is 13.8 Å². The van der Waals surface area contributed by atoms with Gasteiger partial charge < -0.3 is 9.90 Å². The van der Waals surface area contributed by atoms with Crippen LogP contribution in [0.2, 0.25) is 0 Å². The van der Waals surface area contributed by atoms with Crippen LogP contribution in [0.25, 0.3) is 0 Å². The molecule has 6 nitrogen and oxygen atoms in total. The normalized spacial score (nSPS) is 9.89. The van der Waals surface area contributed by atoms with Gasteiger partial charge in [-0.05, 0) is 25.0 Å². The second kappa shape index (κ2) is 6.58. The molecule has 0 atom stereocenters. The summed E-state index contributed by atoms with van der Waals surface area (Å²) in [6.45, 7) is 3.90. The molecule has 6 heteroatoms. The van der Waals surface area contributed by atoms with Crippen LogP contribution in [-0.2, 0) is 0 Å². The van der Waals surface area contributed by atoms with Crippen molar-refractivity contribution >= 4 is 17.9 Å². The van der Waals surface area contributed by atoms with Gasteiger partial charge in [0.25, 0.3) is 0 Å². The molecule has 1 aromatic rings. The van der Waals surface area contributed by atoms with Crippen molar-refractivity contribution in [1.82, 2.24) is 9.88 Å². The maximum Gasteiger partial charge on any atom is 0.328 e. The van der Waals surface area contributed by atoms with Gasteiger partial charge in [0.2, 0.25) is 0 Å². The van der Waals surface area contributed by atoms with Crippen LogP contribution in [0.5, 0.6) is 0 Å². The minimum absolute atomic E-state index is 0.122. The van der Waals surface area contributed by atoms with Gasteiger partial charge in [0.05, 0.1) is 0 Å². The van der Waals surface area contributed by atoms with E-state index in [-0.39, 0.29) is 6.54 Å². The van der Waals surface area contributed by atoms with Gasteiger partial charge in [0.15, 0.2) is 0 Å². The molecule has 0 saturated carbocycles. The number of carboxylic acid groups (broad SMARTS) is 1. The second-order valence-electron chi connectivity index (χ2n) is 3.92. The summed E-state index contributed by atoms with van der Waals surface area (Å²) >= 11 is 0. The Morgan fingerprint density at radius 2 is 2.17 bits per heavy atom. The Balaban J connectivity index is 2.66. The van der Waals surface area contributed by atoms with Crippen LogP contribution in [0.3, 0.4) is 0 Å². The topological polar surface area (TPSA) is 85.4 Å². The zero-order valence-corrected chi connectivity index (χ0v) is 10.5. The Labute approximate surface area is 106 Å². The van der Waals surface area contributed by atoms with Gasteiger partial charge in [0, 0.05) is 12.7 Å². The predicted octanol–water partition coefficient (Wildman–Crippen LogP) is 1.37. The smallest absolute Gasteiger partial charge is 0.328 e. The number of imide groups is 1. The highest BCUT2D eigenvalue weighted by atomic mass is 16.4. The summed E-state index contributed by atoms with van der Waals surface area (Å²) < 4.78 is 0. The highest BCUT2D eigenvalue weighted by Gasteiger charge is 2.14. The van der Waals surface area contributed by atoms with E-state index in [2.05, 4.69) is 10.3 Å². The van der Waals surface area contributed by atoms with E-state index >= 15 is 0 Å². The van der Waals surface area contributed by atoms with Gasteiger partial charge in [-0.1, -0.05) is 19.4 Å². The molecule has 0 saturated heterocycles. The summed E-state index contributed by atoms with van der Waals surface area (Å²) in [6.07, 6.45) is 1.47. The van der Waals surface area contributed by atoms with Crippen LogP contribution < -0.4 is 10.4 Å². The van der Waals surface area contributed by atoms with Gasteiger partial charge in [-0.2, -0.15) is 0 Å². The summed E-state index contributed by atoms with van der Waals surface area (Å²) in [6, 6.07) is 2.65. The molecule has 0 unspecified atom stereocenters. The second-order valence-corrected chi connectivity index (χ2v) is 3.92. The van der Waals surface area contributed by atoms with Crippen molar-refractivity contribution < 1.29 is 14.7 Å². The number of amides is 3. The Hall–Kier alpha value is -2.11. The molecule has 1 rings (SSSR count). The van der Waals surface area contributed by atoms with Crippen molar-refractivity contribution in [2.75, 3.05) is 11.9 Å². The van der Waals surface area contributed by atoms with Crippen molar-refractivity contribution in [2.24, 2.45) is 0 Å². The first-order chi connectivity index (χ1) is 8.54. The number of carbonyl (C=O) groups is 2. The first kappa shape index (κ1) is 14.0. The monoisotopic (exact) mass is 250 g/mol. The Morgan fingerprint density at radius 1 is 1.44 bits per heavy atom. The number of aryl methyl sites for hydroxylation is 1. The molecule has 0 aliphatic carbocycles. The van der Waals surface area contributed by atoms with Crippen LogP contribution in [-0.4, -0.2) is 28.6 Å². The van der Waals surface area contributed by atoms with E-state index in [1.165, 1.54) is 0 Å². The van der Waals surface area contributed by atoms with E-state index in [9.17, 15) is 14.7 Å². The van der Waals surface area contributed by atoms with Crippen molar-refractivity contribution in [3.05, 3.63) is 23.9 Å². The fourth-order valence-corrected chi connectivity index (χ4v) is 1.31. The zero-order chi connectivity index (χ0) is 13.5. The maximum absolute atomic E-state index is 11.7. The molecule has 18 heavy (non-hydrogen) atoms. The minimum Gasteiger partial charge on any atom is -0.529 e. The average Bonchev–Trinajstić information content (AvgIpc) is 2.32. The van der Waals surface area contributed by atoms with E-state index in [4.69, 9.17) is 0 Å². The Morgan fingerprint density at radius 3 is 2.67 bits per heavy atom. The highest BCUT2D eigenvalue weighted by molar-refractivity contribution is 5.97. The van der Waals surface area contributed by atoms with E-state index in [0.717, 1.165) is 12.0 Å². The third-order valence-electron chi connectivity index (χ3n) is 2.35. The third kappa shape index (κ3) is 4.04. The molecule has 0 radical (unpaired) electrons. The number of urea groups is 1. The lowest BCUT2D eigenvalue weighted by atomic mass is 10.3. The lowest BCUT2D eigenvalue weighted by Gasteiger charge is -2.22. The van der Waals surface area contributed by atoms with Gasteiger partial charge in [-0.3, -0.25) is 10.2 Å². The summed E-state index contributed by atoms with van der Waals surface area (Å²) in [4.78, 5) is 27.1. The molecule has 0 aromatic carbocycles. The summed E-state index contributed by atoms with van der Waals surface area (Å²) in [5, 5.41) is 13.2. The van der Waals surface area contributed by atoms with Crippen LogP contribution in [0.4, 0.5) is 15.4 Å². The van der Waals surface area contributed by atoms with Gasteiger partial charge in [0.1, 0.15) is 11.9 Å². The predicted molar refractivity (Wildman–Crippen MR) is 65.0 cm³/mol. The number of unbranched alkanes of at least 4 members (excludes halogenated alkanes) is 1. The molecule has 0 spiro atoms. The lowest BCUT2D eigenvalue weighted by Crippen LogP contribution is -2.47. The van der Waals surface area contributed by atoms with Crippen LogP contribution >= 0.6 is 0 Å². The first-order valence-corrected chi connectivity index (χ1v) is 5.76. The zero-order valence-electron chi connectivity index (χ0n) is 10.5. The standard InChI is InChI=1S/C12H17N3O3/c1-3-4-7-15(12(17)18)11(16)14-10-6-5-9(2)8-13-10/h5-6,8H,3-4,7H2,1-2H3,(H,17,18)(H,13,14,16)/p-1. The van der Waals surface area contributed by atoms with Crippen molar-refractivity contribution in [3.8, 4) is 0 Å².